The Morgan fingerprint density at radius 1 is 1.13 bits per heavy atom. The zero-order valence-corrected chi connectivity index (χ0v) is 13.7. The molecule has 0 radical (unpaired) electrons. The van der Waals surface area contributed by atoms with Gasteiger partial charge in [-0.1, -0.05) is 0 Å². The van der Waals surface area contributed by atoms with Crippen molar-refractivity contribution in [3.8, 4) is 0 Å². The van der Waals surface area contributed by atoms with Crippen molar-refractivity contribution in [3.05, 3.63) is 0 Å². The molecular formula is C12H22N4O6S. The smallest absolute Gasteiger partial charge is 0.328 e. The number of carboxylic acid groups (broad SMARTS) is 1. The molecule has 3 amide bonds. The number of aliphatic hydroxyl groups is 1. The van der Waals surface area contributed by atoms with E-state index in [4.69, 9.17) is 10.8 Å². The first-order valence-corrected chi connectivity index (χ1v) is 7.38. The molecule has 0 rings (SSSR count). The molecule has 0 aliphatic carbocycles. The lowest BCUT2D eigenvalue weighted by atomic mass is 10.1. The van der Waals surface area contributed by atoms with Crippen LogP contribution in [0.4, 0.5) is 0 Å². The summed E-state index contributed by atoms with van der Waals surface area (Å²) in [5, 5.41) is 24.7. The summed E-state index contributed by atoms with van der Waals surface area (Å²) < 4.78 is 0. The highest BCUT2D eigenvalue weighted by molar-refractivity contribution is 7.80. The number of rotatable bonds is 9. The Morgan fingerprint density at radius 3 is 2.13 bits per heavy atom. The zero-order chi connectivity index (χ0) is 18.2. The highest BCUT2D eigenvalue weighted by Gasteiger charge is 2.27. The van der Waals surface area contributed by atoms with Crippen LogP contribution in [-0.2, 0) is 19.2 Å². The van der Waals surface area contributed by atoms with Crippen LogP contribution in [0.1, 0.15) is 13.8 Å². The minimum atomic E-state index is -1.49. The maximum Gasteiger partial charge on any atom is 0.328 e. The van der Waals surface area contributed by atoms with Crippen LogP contribution in [0, 0.1) is 0 Å². The third kappa shape index (κ3) is 7.81. The van der Waals surface area contributed by atoms with Gasteiger partial charge in [-0.15, -0.1) is 0 Å². The van der Waals surface area contributed by atoms with Gasteiger partial charge in [-0.3, -0.25) is 14.4 Å². The predicted octanol–water partition coefficient (Wildman–Crippen LogP) is -3.19. The van der Waals surface area contributed by atoms with E-state index >= 15 is 0 Å². The van der Waals surface area contributed by atoms with Crippen molar-refractivity contribution in [3.63, 3.8) is 0 Å². The van der Waals surface area contributed by atoms with E-state index in [0.29, 0.717) is 0 Å². The SMILES string of the molecule is CC(NC(=O)CNC(=O)C(N)CS)C(=O)NC(C(=O)O)C(C)O. The van der Waals surface area contributed by atoms with Crippen molar-refractivity contribution < 1.29 is 29.4 Å². The molecular weight excluding hydrogens is 328 g/mol. The quantitative estimate of drug-likeness (QED) is 0.215. The first-order chi connectivity index (χ1) is 10.6. The molecule has 7 N–H and O–H groups in total. The number of nitrogens with two attached hydrogens (primary N) is 1. The highest BCUT2D eigenvalue weighted by atomic mass is 32.1. The molecule has 0 heterocycles. The average Bonchev–Trinajstić information content (AvgIpc) is 2.48. The molecule has 0 aromatic rings. The van der Waals surface area contributed by atoms with Gasteiger partial charge in [0.25, 0.3) is 0 Å². The van der Waals surface area contributed by atoms with Crippen LogP contribution in [0.15, 0.2) is 0 Å². The first-order valence-electron chi connectivity index (χ1n) is 6.74. The molecule has 0 aliphatic rings. The van der Waals surface area contributed by atoms with E-state index in [0.717, 1.165) is 0 Å². The molecule has 0 saturated carbocycles. The van der Waals surface area contributed by atoms with Crippen LogP contribution < -0.4 is 21.7 Å². The first kappa shape index (κ1) is 21.1. The monoisotopic (exact) mass is 350 g/mol. The minimum absolute atomic E-state index is 0.113. The Morgan fingerprint density at radius 2 is 1.70 bits per heavy atom. The molecule has 4 unspecified atom stereocenters. The number of aliphatic carboxylic acids is 1. The van der Waals surface area contributed by atoms with Gasteiger partial charge in [0.05, 0.1) is 18.7 Å². The summed E-state index contributed by atoms with van der Waals surface area (Å²) >= 11 is 3.84. The molecule has 0 aliphatic heterocycles. The fourth-order valence-corrected chi connectivity index (χ4v) is 1.57. The van der Waals surface area contributed by atoms with Gasteiger partial charge in [-0.25, -0.2) is 4.79 Å². The van der Waals surface area contributed by atoms with Crippen LogP contribution in [-0.4, -0.2) is 70.4 Å². The third-order valence-corrected chi connectivity index (χ3v) is 3.17. The third-order valence-electron chi connectivity index (χ3n) is 2.77. The molecule has 0 saturated heterocycles. The van der Waals surface area contributed by atoms with Crippen molar-refractivity contribution in [2.45, 2.75) is 38.1 Å². The number of hydrogen-bond acceptors (Lipinski definition) is 7. The van der Waals surface area contributed by atoms with Crippen molar-refractivity contribution in [2.75, 3.05) is 12.3 Å². The van der Waals surface area contributed by atoms with E-state index in [2.05, 4.69) is 28.6 Å². The molecule has 0 bridgehead atoms. The zero-order valence-electron chi connectivity index (χ0n) is 12.8. The van der Waals surface area contributed by atoms with E-state index in [9.17, 15) is 24.3 Å². The fraction of sp³-hybridized carbons (Fsp3) is 0.667. The number of thiol groups is 1. The highest BCUT2D eigenvalue weighted by Crippen LogP contribution is 1.95. The second-order valence-corrected chi connectivity index (χ2v) is 5.23. The molecule has 0 aromatic heterocycles. The number of carbonyl (C=O) groups is 4. The lowest BCUT2D eigenvalue weighted by Crippen LogP contribution is -2.55. The van der Waals surface area contributed by atoms with Crippen LogP contribution >= 0.6 is 12.6 Å². The number of amides is 3. The van der Waals surface area contributed by atoms with Gasteiger partial charge in [0.15, 0.2) is 6.04 Å². The van der Waals surface area contributed by atoms with Gasteiger partial charge in [0, 0.05) is 5.75 Å². The standard InChI is InChI=1S/C12H22N4O6S/c1-5(10(19)16-9(6(2)17)12(21)22)15-8(18)3-14-11(20)7(13)4-23/h5-7,9,17,23H,3-4,13H2,1-2H3,(H,14,20)(H,15,18)(H,16,19)(H,21,22). The minimum Gasteiger partial charge on any atom is -0.480 e. The number of carboxylic acids is 1. The number of aliphatic hydroxyl groups excluding tert-OH is 1. The number of nitrogens with one attached hydrogen (secondary N) is 3. The molecule has 0 fully saturated rings. The Bertz CT molecular complexity index is 459. The van der Waals surface area contributed by atoms with Crippen molar-refractivity contribution in [1.29, 1.82) is 0 Å². The maximum atomic E-state index is 11.8. The van der Waals surface area contributed by atoms with Crippen LogP contribution in [0.25, 0.3) is 0 Å². The van der Waals surface area contributed by atoms with Crippen LogP contribution in [0.2, 0.25) is 0 Å². The Balaban J connectivity index is 4.38. The lowest BCUT2D eigenvalue weighted by Gasteiger charge is -2.20. The Kier molecular flexibility index (Phi) is 9.22. The number of carbonyl (C=O) groups excluding carboxylic acids is 3. The summed E-state index contributed by atoms with van der Waals surface area (Å²) in [6, 6.07) is -3.40. The lowest BCUT2D eigenvalue weighted by molar-refractivity contribution is -0.145. The topological polar surface area (TPSA) is 171 Å². The molecule has 23 heavy (non-hydrogen) atoms. The van der Waals surface area contributed by atoms with E-state index in [1.54, 1.807) is 0 Å². The average molecular weight is 350 g/mol. The molecule has 132 valence electrons. The largest absolute Gasteiger partial charge is 0.480 e. The van der Waals surface area contributed by atoms with Gasteiger partial charge in [0.2, 0.25) is 17.7 Å². The Labute approximate surface area is 138 Å². The normalized spacial score (nSPS) is 15.7. The molecule has 4 atom stereocenters. The number of hydrogen-bond donors (Lipinski definition) is 7. The summed E-state index contributed by atoms with van der Waals surface area (Å²) in [6.07, 6.45) is -1.30. The molecule has 0 spiro atoms. The van der Waals surface area contributed by atoms with Gasteiger partial charge in [-0.05, 0) is 13.8 Å². The van der Waals surface area contributed by atoms with Crippen molar-refractivity contribution >= 4 is 36.3 Å². The summed E-state index contributed by atoms with van der Waals surface area (Å²) in [6.45, 7) is 2.15. The molecule has 0 aromatic carbocycles. The van der Waals surface area contributed by atoms with Gasteiger partial charge in [-0.2, -0.15) is 12.6 Å². The molecule has 10 nitrogen and oxygen atoms in total. The van der Waals surface area contributed by atoms with Gasteiger partial charge in [0.1, 0.15) is 6.04 Å². The predicted molar refractivity (Wildman–Crippen MR) is 83.7 cm³/mol. The summed E-state index contributed by atoms with van der Waals surface area (Å²) in [7, 11) is 0. The van der Waals surface area contributed by atoms with Gasteiger partial charge >= 0.3 is 5.97 Å². The maximum absolute atomic E-state index is 11.8. The van der Waals surface area contributed by atoms with E-state index in [1.807, 2.05) is 0 Å². The van der Waals surface area contributed by atoms with Crippen LogP contribution in [0.3, 0.4) is 0 Å². The van der Waals surface area contributed by atoms with E-state index in [1.165, 1.54) is 13.8 Å². The van der Waals surface area contributed by atoms with Crippen LogP contribution in [0.5, 0.6) is 0 Å². The Hall–Kier alpha value is -1.85. The van der Waals surface area contributed by atoms with E-state index < -0.39 is 54.5 Å². The second kappa shape index (κ2) is 10.0. The molecule has 11 heteroatoms. The van der Waals surface area contributed by atoms with Gasteiger partial charge < -0.3 is 31.9 Å². The fourth-order valence-electron chi connectivity index (χ4n) is 1.41. The summed E-state index contributed by atoms with van der Waals surface area (Å²) in [5.41, 5.74) is 5.40. The van der Waals surface area contributed by atoms with E-state index in [-0.39, 0.29) is 5.75 Å². The summed E-state index contributed by atoms with van der Waals surface area (Å²) in [5.74, 6) is -3.30. The summed E-state index contributed by atoms with van der Waals surface area (Å²) in [4.78, 5) is 45.6. The van der Waals surface area contributed by atoms with Crippen molar-refractivity contribution in [1.82, 2.24) is 16.0 Å². The van der Waals surface area contributed by atoms with Crippen molar-refractivity contribution in [2.24, 2.45) is 5.73 Å². The second-order valence-electron chi connectivity index (χ2n) is 4.86.